The number of hydrogen-bond donors (Lipinski definition) is 2. The molecule has 2 N–H and O–H groups in total. The maximum absolute atomic E-state index is 13.8. The van der Waals surface area contributed by atoms with Crippen LogP contribution in [0.5, 0.6) is 11.5 Å². The van der Waals surface area contributed by atoms with Crippen molar-refractivity contribution in [2.24, 2.45) is 0 Å². The zero-order valence-corrected chi connectivity index (χ0v) is 23.0. The van der Waals surface area contributed by atoms with Crippen molar-refractivity contribution in [2.75, 3.05) is 28.5 Å². The normalized spacial score (nSPS) is 16.0. The van der Waals surface area contributed by atoms with Crippen LogP contribution in [0.15, 0.2) is 65.3 Å². The number of carbonyl (C=O) groups is 3. The van der Waals surface area contributed by atoms with Gasteiger partial charge in [-0.05, 0) is 61.4 Å². The molecule has 216 valence electrons. The van der Waals surface area contributed by atoms with E-state index in [1.807, 2.05) is 0 Å². The van der Waals surface area contributed by atoms with Crippen LogP contribution in [0.3, 0.4) is 0 Å². The van der Waals surface area contributed by atoms with Crippen molar-refractivity contribution >= 4 is 39.9 Å². The van der Waals surface area contributed by atoms with Crippen molar-refractivity contribution < 1.29 is 36.9 Å². The summed E-state index contributed by atoms with van der Waals surface area (Å²) >= 11 is 0. The lowest BCUT2D eigenvalue weighted by Gasteiger charge is -2.32. The standard InChI is InChI=1S/C29H30FN3O7S/c30-19-8-10-21(11-9-19)31-26(34)16-41(37)17-27(35)33(22-12-13-23-25(15-22)40-18-39-23)28(24-7-4-14-38-24)29(36)32-20-5-2-1-3-6-20/h4,7-15,20,28H,1-3,5-6,16-18H2,(H,31,34)(H,32,36)/t28-,41+/m1/s1. The van der Waals surface area contributed by atoms with E-state index in [1.165, 1.54) is 35.4 Å². The average molecular weight is 584 g/mol. The Balaban J connectivity index is 1.39. The van der Waals surface area contributed by atoms with Crippen LogP contribution in [0.25, 0.3) is 0 Å². The number of furan rings is 1. The molecule has 2 aromatic carbocycles. The van der Waals surface area contributed by atoms with Crippen molar-refractivity contribution in [1.82, 2.24) is 5.32 Å². The molecule has 1 aromatic heterocycles. The lowest BCUT2D eigenvalue weighted by molar-refractivity contribution is -0.127. The molecule has 2 heterocycles. The van der Waals surface area contributed by atoms with Crippen molar-refractivity contribution in [1.29, 1.82) is 0 Å². The van der Waals surface area contributed by atoms with Crippen molar-refractivity contribution in [3.8, 4) is 11.5 Å². The molecule has 0 saturated heterocycles. The van der Waals surface area contributed by atoms with E-state index in [0.717, 1.165) is 32.1 Å². The summed E-state index contributed by atoms with van der Waals surface area (Å²) in [5.41, 5.74) is 0.645. The minimum atomic E-state index is -1.93. The Kier molecular flexibility index (Phi) is 8.98. The Bertz CT molecular complexity index is 1410. The fourth-order valence-corrected chi connectivity index (χ4v) is 5.84. The van der Waals surface area contributed by atoms with E-state index in [9.17, 15) is 23.0 Å². The maximum Gasteiger partial charge on any atom is 0.251 e. The first-order valence-corrected chi connectivity index (χ1v) is 14.8. The second-order valence-electron chi connectivity index (χ2n) is 9.85. The monoisotopic (exact) mass is 583 g/mol. The first-order valence-electron chi connectivity index (χ1n) is 13.3. The summed E-state index contributed by atoms with van der Waals surface area (Å²) in [6.45, 7) is 0.0176. The summed E-state index contributed by atoms with van der Waals surface area (Å²) in [5.74, 6) is -2.06. The molecule has 41 heavy (non-hydrogen) atoms. The van der Waals surface area contributed by atoms with Crippen LogP contribution in [0, 0.1) is 5.82 Å². The number of nitrogens with zero attached hydrogens (tertiary/aromatic N) is 1. The van der Waals surface area contributed by atoms with E-state index in [2.05, 4.69) is 10.6 Å². The molecule has 3 aromatic rings. The minimum absolute atomic E-state index is 0.0176. The van der Waals surface area contributed by atoms with E-state index in [-0.39, 0.29) is 18.6 Å². The van der Waals surface area contributed by atoms with Gasteiger partial charge in [0.15, 0.2) is 17.5 Å². The summed E-state index contributed by atoms with van der Waals surface area (Å²) in [7, 11) is -1.93. The smallest absolute Gasteiger partial charge is 0.251 e. The van der Waals surface area contributed by atoms with Gasteiger partial charge in [0.2, 0.25) is 18.6 Å². The largest absolute Gasteiger partial charge is 0.467 e. The Morgan fingerprint density at radius 2 is 1.73 bits per heavy atom. The first kappa shape index (κ1) is 28.3. The molecule has 5 rings (SSSR count). The molecule has 0 radical (unpaired) electrons. The Morgan fingerprint density at radius 3 is 2.46 bits per heavy atom. The molecule has 10 nitrogen and oxygen atoms in total. The van der Waals surface area contributed by atoms with E-state index >= 15 is 0 Å². The number of ether oxygens (including phenoxy) is 2. The second kappa shape index (κ2) is 13.0. The lowest BCUT2D eigenvalue weighted by atomic mass is 9.95. The Labute approximate surface area is 238 Å². The summed E-state index contributed by atoms with van der Waals surface area (Å²) in [5, 5.41) is 5.60. The molecule has 0 bridgehead atoms. The molecule has 1 aliphatic heterocycles. The molecular weight excluding hydrogens is 553 g/mol. The SMILES string of the molecule is O=C(C[S@](=O)CC(=O)N(c1ccc2c(c1)OCO2)[C@@H](C(=O)NC1CCCCC1)c1ccco1)Nc1ccc(F)cc1. The van der Waals surface area contributed by atoms with Crippen LogP contribution < -0.4 is 25.0 Å². The van der Waals surface area contributed by atoms with Gasteiger partial charge in [-0.1, -0.05) is 19.3 Å². The number of fused-ring (bicyclic) bond motifs is 1. The molecule has 1 saturated carbocycles. The van der Waals surface area contributed by atoms with Crippen molar-refractivity contribution in [3.05, 3.63) is 72.4 Å². The highest BCUT2D eigenvalue weighted by molar-refractivity contribution is 7.86. The number of rotatable bonds is 10. The van der Waals surface area contributed by atoms with Crippen LogP contribution in [-0.2, 0) is 25.2 Å². The van der Waals surface area contributed by atoms with E-state index in [4.69, 9.17) is 13.9 Å². The number of amides is 3. The highest BCUT2D eigenvalue weighted by Gasteiger charge is 2.37. The molecule has 0 spiro atoms. The third-order valence-electron chi connectivity index (χ3n) is 6.88. The lowest BCUT2D eigenvalue weighted by Crippen LogP contribution is -2.48. The molecule has 12 heteroatoms. The van der Waals surface area contributed by atoms with Gasteiger partial charge in [0, 0.05) is 34.3 Å². The van der Waals surface area contributed by atoms with E-state index < -0.39 is 51.9 Å². The van der Waals surface area contributed by atoms with Crippen LogP contribution in [0.2, 0.25) is 0 Å². The summed E-state index contributed by atoms with van der Waals surface area (Å²) in [6, 6.07) is 11.9. The van der Waals surface area contributed by atoms with Gasteiger partial charge in [0.25, 0.3) is 5.91 Å². The third-order valence-corrected chi connectivity index (χ3v) is 8.03. The number of nitrogens with one attached hydrogen (secondary N) is 2. The summed E-state index contributed by atoms with van der Waals surface area (Å²) < 4.78 is 42.7. The zero-order valence-electron chi connectivity index (χ0n) is 22.2. The van der Waals surface area contributed by atoms with E-state index in [1.54, 1.807) is 30.3 Å². The molecular formula is C29H30FN3O7S. The van der Waals surface area contributed by atoms with Crippen LogP contribution >= 0.6 is 0 Å². The van der Waals surface area contributed by atoms with Gasteiger partial charge in [-0.2, -0.15) is 0 Å². The molecule has 1 aliphatic carbocycles. The van der Waals surface area contributed by atoms with Gasteiger partial charge in [0.1, 0.15) is 23.1 Å². The first-order chi connectivity index (χ1) is 19.9. The average Bonchev–Trinajstić information content (AvgIpc) is 3.65. The number of benzene rings is 2. The van der Waals surface area contributed by atoms with Crippen molar-refractivity contribution in [3.63, 3.8) is 0 Å². The summed E-state index contributed by atoms with van der Waals surface area (Å²) in [6.07, 6.45) is 6.19. The van der Waals surface area contributed by atoms with Crippen LogP contribution in [-0.4, -0.2) is 46.3 Å². The molecule has 0 unspecified atom stereocenters. The minimum Gasteiger partial charge on any atom is -0.467 e. The number of anilines is 2. The predicted octanol–water partition coefficient (Wildman–Crippen LogP) is 4.06. The Hall–Kier alpha value is -4.19. The molecule has 3 amide bonds. The quantitative estimate of drug-likeness (QED) is 0.369. The topological polar surface area (TPSA) is 127 Å². The van der Waals surface area contributed by atoms with Gasteiger partial charge >= 0.3 is 0 Å². The third kappa shape index (κ3) is 7.12. The molecule has 2 aliphatic rings. The zero-order chi connectivity index (χ0) is 28.8. The predicted molar refractivity (Wildman–Crippen MR) is 149 cm³/mol. The number of halogens is 1. The van der Waals surface area contributed by atoms with Gasteiger partial charge in [-0.25, -0.2) is 4.39 Å². The molecule has 2 atom stereocenters. The highest BCUT2D eigenvalue weighted by Crippen LogP contribution is 2.38. The van der Waals surface area contributed by atoms with E-state index in [0.29, 0.717) is 22.9 Å². The number of hydrogen-bond acceptors (Lipinski definition) is 7. The number of carbonyl (C=O) groups excluding carboxylic acids is 3. The maximum atomic E-state index is 13.8. The van der Waals surface area contributed by atoms with Crippen LogP contribution in [0.1, 0.15) is 43.9 Å². The van der Waals surface area contributed by atoms with Gasteiger partial charge in [-0.3, -0.25) is 23.5 Å². The highest BCUT2D eigenvalue weighted by atomic mass is 32.2. The fourth-order valence-electron chi connectivity index (χ4n) is 4.95. The van der Waals surface area contributed by atoms with Crippen LogP contribution in [0.4, 0.5) is 15.8 Å². The van der Waals surface area contributed by atoms with Gasteiger partial charge < -0.3 is 24.5 Å². The second-order valence-corrected chi connectivity index (χ2v) is 11.3. The fraction of sp³-hybridized carbons (Fsp3) is 0.345. The summed E-state index contributed by atoms with van der Waals surface area (Å²) in [4.78, 5) is 41.3. The Morgan fingerprint density at radius 1 is 0.976 bits per heavy atom. The molecule has 1 fully saturated rings. The van der Waals surface area contributed by atoms with Crippen molar-refractivity contribution in [2.45, 2.75) is 44.2 Å². The van der Waals surface area contributed by atoms with Gasteiger partial charge in [-0.15, -0.1) is 0 Å². The van der Waals surface area contributed by atoms with Gasteiger partial charge in [0.05, 0.1) is 6.26 Å².